The molecule has 8 nitrogen and oxygen atoms in total. The summed E-state index contributed by atoms with van der Waals surface area (Å²) in [5.74, 6) is 0.668. The summed E-state index contributed by atoms with van der Waals surface area (Å²) in [6.07, 6.45) is 1.48. The van der Waals surface area contributed by atoms with Crippen LogP contribution in [0.15, 0.2) is 53.3 Å². The number of amides is 1. The summed E-state index contributed by atoms with van der Waals surface area (Å²) in [6.45, 7) is 6.93. The van der Waals surface area contributed by atoms with E-state index in [1.165, 1.54) is 29.7 Å². The van der Waals surface area contributed by atoms with Crippen molar-refractivity contribution in [3.8, 4) is 27.8 Å². The lowest BCUT2D eigenvalue weighted by atomic mass is 9.95. The van der Waals surface area contributed by atoms with Gasteiger partial charge in [-0.1, -0.05) is 5.16 Å². The van der Waals surface area contributed by atoms with E-state index < -0.39 is 5.54 Å². The Kier molecular flexibility index (Phi) is 5.61. The topological polar surface area (TPSA) is 107 Å². The highest BCUT2D eigenvalue weighted by molar-refractivity contribution is 7.17. The number of piperidine rings is 1. The van der Waals surface area contributed by atoms with Crippen molar-refractivity contribution in [3.63, 3.8) is 0 Å². The second-order valence-electron chi connectivity index (χ2n) is 10.2. The fraction of sp³-hybridized carbons (Fsp3) is 0.333. The lowest BCUT2D eigenvalue weighted by Gasteiger charge is -2.22. The molecule has 2 aliphatic rings. The Morgan fingerprint density at radius 3 is 2.51 bits per heavy atom. The number of aryl methyl sites for hydroxylation is 1. The summed E-state index contributed by atoms with van der Waals surface area (Å²) in [5, 5.41) is 4.59. The summed E-state index contributed by atoms with van der Waals surface area (Å²) < 4.78 is 24.7. The fourth-order valence-corrected chi connectivity index (χ4v) is 5.82. The number of halogens is 1. The normalized spacial score (nSPS) is 20.7. The van der Waals surface area contributed by atoms with E-state index in [1.807, 2.05) is 37.8 Å². The number of ether oxygens (including phenoxy) is 1. The number of thiazole rings is 1. The van der Waals surface area contributed by atoms with Crippen molar-refractivity contribution in [3.05, 3.63) is 70.7 Å². The number of pyridine rings is 1. The molecule has 1 saturated carbocycles. The first-order valence-corrected chi connectivity index (χ1v) is 12.9. The maximum Gasteiger partial charge on any atom is 0.265 e. The van der Waals surface area contributed by atoms with Gasteiger partial charge in [0.1, 0.15) is 33.8 Å². The van der Waals surface area contributed by atoms with Crippen molar-refractivity contribution in [1.82, 2.24) is 20.0 Å². The van der Waals surface area contributed by atoms with Gasteiger partial charge in [0.2, 0.25) is 5.88 Å². The van der Waals surface area contributed by atoms with E-state index in [0.29, 0.717) is 45.9 Å². The Labute approximate surface area is 217 Å². The summed E-state index contributed by atoms with van der Waals surface area (Å²) in [7, 11) is 0. The lowest BCUT2D eigenvalue weighted by Crippen LogP contribution is -2.33. The second kappa shape index (κ2) is 8.74. The molecule has 4 heterocycles. The summed E-state index contributed by atoms with van der Waals surface area (Å²) in [5.41, 5.74) is 9.45. The number of fused-ring (bicyclic) bond motifs is 1. The molecule has 1 aliphatic heterocycles. The average Bonchev–Trinajstić information content (AvgIpc) is 3.36. The van der Waals surface area contributed by atoms with Crippen LogP contribution in [-0.4, -0.2) is 45.1 Å². The second-order valence-corrected chi connectivity index (χ2v) is 11.2. The van der Waals surface area contributed by atoms with E-state index in [9.17, 15) is 9.18 Å². The van der Waals surface area contributed by atoms with E-state index in [4.69, 9.17) is 20.0 Å². The van der Waals surface area contributed by atoms with Gasteiger partial charge >= 0.3 is 0 Å². The molecule has 37 heavy (non-hydrogen) atoms. The van der Waals surface area contributed by atoms with Crippen LogP contribution in [-0.2, 0) is 5.54 Å². The first kappa shape index (κ1) is 23.7. The molecule has 10 heteroatoms. The van der Waals surface area contributed by atoms with E-state index in [0.717, 1.165) is 11.1 Å². The zero-order valence-corrected chi connectivity index (χ0v) is 21.5. The third kappa shape index (κ3) is 4.51. The molecule has 0 radical (unpaired) electrons. The summed E-state index contributed by atoms with van der Waals surface area (Å²) >= 11 is 1.33. The van der Waals surface area contributed by atoms with Crippen molar-refractivity contribution >= 4 is 17.2 Å². The molecule has 2 fully saturated rings. The SMILES string of the molecule is Cc1nc(-c2ccon2)sc1C(=O)N1CC2C(C1)C2Oc1cc(C(C)(C)N)cc(-c2ccc(F)cc2)n1. The number of benzene rings is 1. The van der Waals surface area contributed by atoms with Gasteiger partial charge in [0.25, 0.3) is 5.91 Å². The first-order chi connectivity index (χ1) is 17.7. The van der Waals surface area contributed by atoms with Crippen LogP contribution in [0.4, 0.5) is 4.39 Å². The Morgan fingerprint density at radius 2 is 1.86 bits per heavy atom. The minimum Gasteiger partial charge on any atom is -0.474 e. The smallest absolute Gasteiger partial charge is 0.265 e. The minimum atomic E-state index is -0.601. The van der Waals surface area contributed by atoms with Gasteiger partial charge in [0, 0.05) is 48.2 Å². The van der Waals surface area contributed by atoms with Crippen molar-refractivity contribution in [2.45, 2.75) is 32.4 Å². The third-order valence-electron chi connectivity index (χ3n) is 6.99. The number of carbonyl (C=O) groups is 1. The van der Waals surface area contributed by atoms with Crippen LogP contribution in [0, 0.1) is 24.6 Å². The molecule has 190 valence electrons. The number of hydrogen-bond acceptors (Lipinski definition) is 8. The van der Waals surface area contributed by atoms with Crippen LogP contribution < -0.4 is 10.5 Å². The van der Waals surface area contributed by atoms with Gasteiger partial charge in [-0.3, -0.25) is 4.79 Å². The van der Waals surface area contributed by atoms with E-state index in [-0.39, 0.29) is 29.7 Å². The number of rotatable bonds is 6. The molecule has 1 amide bonds. The highest BCUT2D eigenvalue weighted by atomic mass is 32.1. The van der Waals surface area contributed by atoms with Gasteiger partial charge in [-0.2, -0.15) is 0 Å². The van der Waals surface area contributed by atoms with Crippen molar-refractivity contribution in [2.24, 2.45) is 17.6 Å². The molecule has 3 aromatic heterocycles. The predicted molar refractivity (Wildman–Crippen MR) is 136 cm³/mol. The Balaban J connectivity index is 1.16. The Hall–Kier alpha value is -3.63. The molecule has 2 unspecified atom stereocenters. The third-order valence-corrected chi connectivity index (χ3v) is 8.16. The Bertz CT molecular complexity index is 1450. The fourth-order valence-electron chi connectivity index (χ4n) is 4.83. The number of nitrogens with zero attached hydrogens (tertiary/aromatic N) is 4. The molecule has 1 aliphatic carbocycles. The number of aromatic nitrogens is 3. The van der Waals surface area contributed by atoms with Crippen LogP contribution >= 0.6 is 11.3 Å². The molecule has 0 bridgehead atoms. The van der Waals surface area contributed by atoms with Gasteiger partial charge in [0.05, 0.1) is 11.4 Å². The molecule has 2 atom stereocenters. The van der Waals surface area contributed by atoms with E-state index >= 15 is 0 Å². The van der Waals surface area contributed by atoms with Gasteiger partial charge in [-0.25, -0.2) is 14.4 Å². The van der Waals surface area contributed by atoms with Crippen LogP contribution in [0.5, 0.6) is 5.88 Å². The zero-order valence-electron chi connectivity index (χ0n) is 20.6. The van der Waals surface area contributed by atoms with Crippen LogP contribution in [0.3, 0.4) is 0 Å². The summed E-state index contributed by atoms with van der Waals surface area (Å²) in [4.78, 5) is 24.9. The molecular formula is C27H26FN5O3S. The first-order valence-electron chi connectivity index (χ1n) is 12.1. The van der Waals surface area contributed by atoms with Gasteiger partial charge in [-0.05, 0) is 56.7 Å². The van der Waals surface area contributed by atoms with Gasteiger partial charge in [0.15, 0.2) is 0 Å². The number of hydrogen-bond donors (Lipinski definition) is 1. The molecular weight excluding hydrogens is 493 g/mol. The molecule has 6 rings (SSSR count). The lowest BCUT2D eigenvalue weighted by molar-refractivity contribution is 0.0755. The average molecular weight is 520 g/mol. The predicted octanol–water partition coefficient (Wildman–Crippen LogP) is 4.65. The summed E-state index contributed by atoms with van der Waals surface area (Å²) in [6, 6.07) is 11.7. The quantitative estimate of drug-likeness (QED) is 0.395. The van der Waals surface area contributed by atoms with Crippen LogP contribution in [0.2, 0.25) is 0 Å². The molecule has 0 spiro atoms. The van der Waals surface area contributed by atoms with E-state index in [2.05, 4.69) is 10.1 Å². The monoisotopic (exact) mass is 519 g/mol. The zero-order chi connectivity index (χ0) is 25.9. The highest BCUT2D eigenvalue weighted by Gasteiger charge is 2.59. The van der Waals surface area contributed by atoms with Gasteiger partial charge < -0.3 is 19.9 Å². The largest absolute Gasteiger partial charge is 0.474 e. The minimum absolute atomic E-state index is 0.0120. The van der Waals surface area contributed by atoms with Gasteiger partial charge in [-0.15, -0.1) is 11.3 Å². The van der Waals surface area contributed by atoms with Crippen molar-refractivity contribution < 1.29 is 18.4 Å². The molecule has 4 aromatic rings. The molecule has 1 saturated heterocycles. The maximum atomic E-state index is 13.4. The maximum absolute atomic E-state index is 13.4. The molecule has 2 N–H and O–H groups in total. The number of nitrogens with two attached hydrogens (primary N) is 1. The Morgan fingerprint density at radius 1 is 1.14 bits per heavy atom. The van der Waals surface area contributed by atoms with Crippen LogP contribution in [0.25, 0.3) is 22.0 Å². The van der Waals surface area contributed by atoms with Crippen LogP contribution in [0.1, 0.15) is 34.8 Å². The standard InChI is InChI=1S/C27H26FN5O3S/c1-14-24(37-25(30-14)20-8-9-35-32-20)26(34)33-12-18-19(13-33)23(18)36-22-11-16(27(2,3)29)10-21(31-22)15-4-6-17(28)7-5-15/h4-11,18-19,23H,12-13,29H2,1-3H3. The highest BCUT2D eigenvalue weighted by Crippen LogP contribution is 2.48. The molecule has 1 aromatic carbocycles. The number of likely N-dealkylation sites (tertiary alicyclic amines) is 1. The number of carbonyl (C=O) groups excluding carboxylic acids is 1. The van der Waals surface area contributed by atoms with Crippen molar-refractivity contribution in [1.29, 1.82) is 0 Å². The van der Waals surface area contributed by atoms with Crippen molar-refractivity contribution in [2.75, 3.05) is 13.1 Å². The van der Waals surface area contributed by atoms with E-state index in [1.54, 1.807) is 18.2 Å².